The maximum absolute atomic E-state index is 11.7. The third-order valence-corrected chi connectivity index (χ3v) is 7.31. The number of pyridine rings is 1. The molecular weight excluding hydrogens is 452 g/mol. The first-order valence-electron chi connectivity index (χ1n) is 12.4. The van der Waals surface area contributed by atoms with Crippen LogP contribution in [-0.4, -0.2) is 24.7 Å². The zero-order valence-electron chi connectivity index (χ0n) is 20.9. The van der Waals surface area contributed by atoms with Crippen molar-refractivity contribution in [3.05, 3.63) is 93.1 Å². The number of hydrogen-bond acceptors (Lipinski definition) is 6. The number of nitrogens with one attached hydrogen (secondary N) is 1. The van der Waals surface area contributed by atoms with E-state index in [1.165, 1.54) is 16.7 Å². The number of aryl methyl sites for hydroxylation is 3. The van der Waals surface area contributed by atoms with Crippen molar-refractivity contribution in [2.75, 3.05) is 4.90 Å². The number of nitrogens with zero attached hydrogens (tertiary/aromatic N) is 5. The van der Waals surface area contributed by atoms with Crippen molar-refractivity contribution in [1.29, 1.82) is 0 Å². The van der Waals surface area contributed by atoms with Gasteiger partial charge in [0.05, 0.1) is 11.7 Å². The van der Waals surface area contributed by atoms with Crippen molar-refractivity contribution in [3.8, 4) is 5.69 Å². The molecule has 5 aromatic rings. The predicted molar refractivity (Wildman–Crippen MR) is 139 cm³/mol. The lowest BCUT2D eigenvalue weighted by Crippen LogP contribution is -2.24. The van der Waals surface area contributed by atoms with Crippen molar-refractivity contribution in [2.24, 2.45) is 0 Å². The number of rotatable bonds is 4. The largest absolute Gasteiger partial charge is 0.438 e. The van der Waals surface area contributed by atoms with Gasteiger partial charge in [-0.1, -0.05) is 30.3 Å². The first-order valence-corrected chi connectivity index (χ1v) is 12.4. The Bertz CT molecular complexity index is 1660. The minimum absolute atomic E-state index is 0.232. The molecule has 1 atom stereocenters. The average Bonchev–Trinajstić information content (AvgIpc) is 3.44. The molecule has 1 N–H and O–H groups in total. The average molecular weight is 481 g/mol. The van der Waals surface area contributed by atoms with Gasteiger partial charge in [0, 0.05) is 24.0 Å². The molecule has 8 heteroatoms. The molecule has 182 valence electrons. The van der Waals surface area contributed by atoms with Gasteiger partial charge in [0.15, 0.2) is 11.5 Å². The second kappa shape index (κ2) is 8.48. The van der Waals surface area contributed by atoms with Crippen LogP contribution in [0.5, 0.6) is 0 Å². The lowest BCUT2D eigenvalue weighted by atomic mass is 9.98. The van der Waals surface area contributed by atoms with Crippen LogP contribution in [0.4, 0.5) is 11.4 Å². The zero-order valence-corrected chi connectivity index (χ0v) is 20.9. The molecule has 1 aliphatic heterocycles. The van der Waals surface area contributed by atoms with Crippen molar-refractivity contribution in [2.45, 2.75) is 53.0 Å². The van der Waals surface area contributed by atoms with E-state index < -0.39 is 5.76 Å². The quantitative estimate of drug-likeness (QED) is 0.377. The van der Waals surface area contributed by atoms with E-state index in [0.717, 1.165) is 58.9 Å². The summed E-state index contributed by atoms with van der Waals surface area (Å²) in [6.07, 6.45) is 4.47. The Morgan fingerprint density at radius 1 is 1.06 bits per heavy atom. The van der Waals surface area contributed by atoms with Crippen LogP contribution < -0.4 is 10.7 Å². The van der Waals surface area contributed by atoms with Gasteiger partial charge in [0.1, 0.15) is 11.3 Å². The third-order valence-electron chi connectivity index (χ3n) is 7.31. The highest BCUT2D eigenvalue weighted by Crippen LogP contribution is 2.43. The normalized spacial score (nSPS) is 13.9. The molecular formula is C28H28N6O2. The smallest absolute Gasteiger partial charge is 0.330 e. The number of benzene rings is 2. The highest BCUT2D eigenvalue weighted by molar-refractivity contribution is 5.80. The van der Waals surface area contributed by atoms with E-state index in [1.54, 1.807) is 0 Å². The third kappa shape index (κ3) is 3.36. The minimum atomic E-state index is -0.548. The Hall–Kier alpha value is -4.20. The fourth-order valence-corrected chi connectivity index (χ4v) is 5.45. The van der Waals surface area contributed by atoms with Crippen molar-refractivity contribution in [3.63, 3.8) is 0 Å². The van der Waals surface area contributed by atoms with Gasteiger partial charge in [-0.2, -0.15) is 0 Å². The summed E-state index contributed by atoms with van der Waals surface area (Å²) in [6.45, 7) is 8.43. The first-order chi connectivity index (χ1) is 17.5. The van der Waals surface area contributed by atoms with Gasteiger partial charge >= 0.3 is 5.76 Å². The molecule has 36 heavy (non-hydrogen) atoms. The van der Waals surface area contributed by atoms with Gasteiger partial charge in [-0.15, -0.1) is 0 Å². The van der Waals surface area contributed by atoms with Gasteiger partial charge in [0.25, 0.3) is 0 Å². The van der Waals surface area contributed by atoms with E-state index in [-0.39, 0.29) is 6.04 Å². The summed E-state index contributed by atoms with van der Waals surface area (Å²) in [6, 6.07) is 14.6. The van der Waals surface area contributed by atoms with E-state index in [2.05, 4.69) is 76.8 Å². The van der Waals surface area contributed by atoms with Crippen molar-refractivity contribution >= 4 is 22.5 Å². The Morgan fingerprint density at radius 3 is 2.64 bits per heavy atom. The molecule has 0 spiro atoms. The number of anilines is 2. The maximum atomic E-state index is 11.7. The number of imidazole rings is 1. The second-order valence-electron chi connectivity index (χ2n) is 9.38. The Balaban J connectivity index is 1.58. The van der Waals surface area contributed by atoms with Gasteiger partial charge in [0.2, 0.25) is 0 Å². The van der Waals surface area contributed by atoms with Crippen LogP contribution in [-0.2, 0) is 19.3 Å². The molecule has 4 heterocycles. The Kier molecular flexibility index (Phi) is 5.25. The van der Waals surface area contributed by atoms with E-state index in [9.17, 15) is 4.79 Å². The molecule has 6 rings (SSSR count). The number of aromatic nitrogens is 5. The summed E-state index contributed by atoms with van der Waals surface area (Å²) in [4.78, 5) is 26.4. The van der Waals surface area contributed by atoms with Crippen molar-refractivity contribution in [1.82, 2.24) is 24.7 Å². The molecule has 0 saturated heterocycles. The summed E-state index contributed by atoms with van der Waals surface area (Å²) < 4.78 is 7.05. The summed E-state index contributed by atoms with van der Waals surface area (Å²) in [5.41, 5.74) is 9.98. The standard InChI is InChI=1S/C28H28N6O2/c1-5-24-30-25-16(2)14-15-29-27(25)34(24)21-12-13-23-20(17(21)3)11-10-19-8-6-7-9-22(19)33(23)18(4)26-31-28(35)36-32-26/h6-9,12-15,18H,5,10-11H2,1-4H3,(H,31,32,35). The molecule has 0 fully saturated rings. The highest BCUT2D eigenvalue weighted by Gasteiger charge is 2.29. The summed E-state index contributed by atoms with van der Waals surface area (Å²) in [5, 5.41) is 4.01. The minimum Gasteiger partial charge on any atom is -0.330 e. The fraction of sp³-hybridized carbons (Fsp3) is 0.286. The molecule has 3 aromatic heterocycles. The van der Waals surface area contributed by atoms with Crippen LogP contribution >= 0.6 is 0 Å². The Labute approximate surface area is 208 Å². The number of fused-ring (bicyclic) bond motifs is 3. The van der Waals surface area contributed by atoms with Crippen molar-refractivity contribution < 1.29 is 4.52 Å². The number of aromatic amines is 1. The molecule has 0 amide bonds. The topological polar surface area (TPSA) is 92.8 Å². The maximum Gasteiger partial charge on any atom is 0.438 e. The monoisotopic (exact) mass is 480 g/mol. The highest BCUT2D eigenvalue weighted by atomic mass is 16.5. The van der Waals surface area contributed by atoms with Gasteiger partial charge in [-0.25, -0.2) is 14.8 Å². The van der Waals surface area contributed by atoms with E-state index >= 15 is 0 Å². The molecule has 0 radical (unpaired) electrons. The number of para-hydroxylation sites is 1. The van der Waals surface area contributed by atoms with E-state index in [4.69, 9.17) is 14.5 Å². The fourth-order valence-electron chi connectivity index (χ4n) is 5.45. The summed E-state index contributed by atoms with van der Waals surface area (Å²) in [7, 11) is 0. The second-order valence-corrected chi connectivity index (χ2v) is 9.38. The molecule has 0 bridgehead atoms. The molecule has 0 saturated carbocycles. The molecule has 0 aliphatic carbocycles. The molecule has 8 nitrogen and oxygen atoms in total. The lowest BCUT2D eigenvalue weighted by Gasteiger charge is -2.32. The molecule has 2 aromatic carbocycles. The molecule has 1 unspecified atom stereocenters. The van der Waals surface area contributed by atoms with Gasteiger partial charge < -0.3 is 4.90 Å². The van der Waals surface area contributed by atoms with Crippen LogP contribution in [0.3, 0.4) is 0 Å². The number of H-pyrrole nitrogens is 1. The van der Waals surface area contributed by atoms with Crippen LogP contribution in [0, 0.1) is 13.8 Å². The van der Waals surface area contributed by atoms with E-state index in [1.807, 2.05) is 19.2 Å². The van der Waals surface area contributed by atoms with Gasteiger partial charge in [-0.05, 0) is 80.1 Å². The summed E-state index contributed by atoms with van der Waals surface area (Å²) in [5.74, 6) is 0.948. The SMILES string of the molecule is CCc1nc2c(C)ccnc2n1-c1ccc2c(c1C)CCc1ccccc1N2C(C)c1noc(=O)[nH]1. The zero-order chi connectivity index (χ0) is 25.0. The van der Waals surface area contributed by atoms with E-state index in [0.29, 0.717) is 5.82 Å². The van der Waals surface area contributed by atoms with Crippen LogP contribution in [0.15, 0.2) is 58.0 Å². The van der Waals surface area contributed by atoms with Crippen LogP contribution in [0.2, 0.25) is 0 Å². The van der Waals surface area contributed by atoms with Gasteiger partial charge in [-0.3, -0.25) is 14.1 Å². The predicted octanol–water partition coefficient (Wildman–Crippen LogP) is 5.27. The van der Waals surface area contributed by atoms with Crippen LogP contribution in [0.25, 0.3) is 16.9 Å². The molecule has 1 aliphatic rings. The lowest BCUT2D eigenvalue weighted by molar-refractivity contribution is 0.378. The Morgan fingerprint density at radius 2 is 1.86 bits per heavy atom. The number of hydrogen-bond donors (Lipinski definition) is 1. The first kappa shape index (κ1) is 22.3. The summed E-state index contributed by atoms with van der Waals surface area (Å²) >= 11 is 0. The van der Waals surface area contributed by atoms with Crippen LogP contribution in [0.1, 0.15) is 53.8 Å².